The van der Waals surface area contributed by atoms with Crippen molar-refractivity contribution in [1.29, 1.82) is 0 Å². The Morgan fingerprint density at radius 1 is 1.09 bits per heavy atom. The lowest BCUT2D eigenvalue weighted by molar-refractivity contribution is -0.274. The third kappa shape index (κ3) is 9.82. The molecule has 0 fully saturated rings. The summed E-state index contributed by atoms with van der Waals surface area (Å²) < 4.78 is 98.0. The van der Waals surface area contributed by atoms with E-state index in [1.807, 2.05) is 0 Å². The summed E-state index contributed by atoms with van der Waals surface area (Å²) in [5.74, 6) is -5.67. The molecule has 1 unspecified atom stereocenters. The van der Waals surface area contributed by atoms with Crippen LogP contribution in [0.5, 0.6) is 5.75 Å². The molecule has 1 atom stereocenters. The van der Waals surface area contributed by atoms with Gasteiger partial charge in [0.25, 0.3) is 11.8 Å². The van der Waals surface area contributed by atoms with Gasteiger partial charge < -0.3 is 15.4 Å². The Bertz CT molecular complexity index is 1560. The van der Waals surface area contributed by atoms with Crippen LogP contribution in [0.3, 0.4) is 0 Å². The summed E-state index contributed by atoms with van der Waals surface area (Å²) >= 11 is 0. The molecule has 2 aromatic carbocycles. The highest BCUT2D eigenvalue weighted by Gasteiger charge is 2.31. The van der Waals surface area contributed by atoms with Crippen LogP contribution in [0, 0.1) is 5.82 Å². The lowest BCUT2D eigenvalue weighted by Crippen LogP contribution is -2.43. The number of carbonyl (C=O) groups excluding carboxylic acids is 2. The van der Waals surface area contributed by atoms with E-state index in [9.17, 15) is 40.3 Å². The summed E-state index contributed by atoms with van der Waals surface area (Å²) in [7, 11) is 1.51. The fraction of sp³-hybridized carbons (Fsp3) is 0.357. The van der Waals surface area contributed by atoms with Gasteiger partial charge in [0, 0.05) is 44.6 Å². The molecule has 18 heteroatoms. The number of aryl methyl sites for hydroxylation is 1. The molecule has 46 heavy (non-hydrogen) atoms. The maximum Gasteiger partial charge on any atom is 0.573 e. The predicted molar refractivity (Wildman–Crippen MR) is 147 cm³/mol. The molecule has 4 rings (SSSR count). The topological polar surface area (TPSA) is 117 Å². The Balaban J connectivity index is 1.22. The first kappa shape index (κ1) is 34.0. The Morgan fingerprint density at radius 3 is 2.48 bits per heavy atom. The van der Waals surface area contributed by atoms with Crippen LogP contribution in [0.2, 0.25) is 0 Å². The number of ether oxygens (including phenoxy) is 1. The molecule has 248 valence electrons. The molecule has 1 aliphatic heterocycles. The van der Waals surface area contributed by atoms with Crippen molar-refractivity contribution in [1.82, 2.24) is 41.2 Å². The van der Waals surface area contributed by atoms with E-state index in [0.717, 1.165) is 25.1 Å². The fourth-order valence-electron chi connectivity index (χ4n) is 4.24. The van der Waals surface area contributed by atoms with Crippen molar-refractivity contribution in [3.8, 4) is 5.75 Å². The number of carbonyl (C=O) groups is 2. The predicted octanol–water partition coefficient (Wildman–Crippen LogP) is 3.91. The minimum atomic E-state index is -4.98. The summed E-state index contributed by atoms with van der Waals surface area (Å²) in [6, 6.07) is 7.83. The lowest BCUT2D eigenvalue weighted by atomic mass is 10.1. The van der Waals surface area contributed by atoms with E-state index < -0.39 is 48.3 Å². The summed E-state index contributed by atoms with van der Waals surface area (Å²) in [6.45, 7) is 0.772. The standard InChI is InChI=1S/C28H29F7N8O3/c1-27(31,32)19-5-3-17(4-6-19)13-36-26(45)23-15-42(39-38-23)10-9-20(29)14-43-16-24(41(2)40-43)37-25(44)12-18-11-21(7-8-22(18)30)46-28(33,34)35/h3-8,11,15-16,20,40H,9-10,12-14H2,1-2H3,(H,36,45)(H,37,44). The number of alkyl halides is 6. The average Bonchev–Trinajstić information content (AvgIpc) is 3.57. The number of aromatic nitrogens is 3. The highest BCUT2D eigenvalue weighted by molar-refractivity contribution is 5.91. The van der Waals surface area contributed by atoms with Crippen LogP contribution in [0.15, 0.2) is 60.7 Å². The zero-order valence-electron chi connectivity index (χ0n) is 24.4. The van der Waals surface area contributed by atoms with E-state index in [0.29, 0.717) is 5.56 Å². The van der Waals surface area contributed by atoms with Crippen LogP contribution < -0.4 is 20.9 Å². The van der Waals surface area contributed by atoms with E-state index in [4.69, 9.17) is 0 Å². The van der Waals surface area contributed by atoms with E-state index in [-0.39, 0.29) is 48.7 Å². The zero-order chi connectivity index (χ0) is 33.6. The van der Waals surface area contributed by atoms with Crippen molar-refractivity contribution in [3.05, 3.63) is 88.9 Å². The largest absolute Gasteiger partial charge is 0.573 e. The van der Waals surface area contributed by atoms with Gasteiger partial charge in [-0.25, -0.2) is 17.6 Å². The van der Waals surface area contributed by atoms with Crippen LogP contribution in [0.4, 0.5) is 30.7 Å². The lowest BCUT2D eigenvalue weighted by Gasteiger charge is -2.22. The number of nitrogens with zero attached hydrogens (tertiary/aromatic N) is 5. The molecule has 0 saturated carbocycles. The molecule has 1 aliphatic rings. The minimum Gasteiger partial charge on any atom is -0.406 e. The van der Waals surface area contributed by atoms with Crippen LogP contribution in [0.25, 0.3) is 0 Å². The maximum absolute atomic E-state index is 14.8. The molecular weight excluding hydrogens is 629 g/mol. The summed E-state index contributed by atoms with van der Waals surface area (Å²) in [6.07, 6.45) is -4.29. The number of hydrogen-bond acceptors (Lipinski definition) is 8. The molecule has 1 aromatic heterocycles. The van der Waals surface area contributed by atoms with E-state index in [1.54, 1.807) is 0 Å². The molecule has 0 aliphatic carbocycles. The summed E-state index contributed by atoms with van der Waals surface area (Å²) in [5, 5.41) is 15.4. The minimum absolute atomic E-state index is 0.0160. The van der Waals surface area contributed by atoms with E-state index >= 15 is 0 Å². The van der Waals surface area contributed by atoms with Crippen LogP contribution in [-0.2, 0) is 30.2 Å². The van der Waals surface area contributed by atoms with Crippen LogP contribution >= 0.6 is 0 Å². The molecule has 0 saturated heterocycles. The van der Waals surface area contributed by atoms with Crippen molar-refractivity contribution in [2.24, 2.45) is 0 Å². The first-order chi connectivity index (χ1) is 21.6. The van der Waals surface area contributed by atoms with Gasteiger partial charge in [-0.3, -0.25) is 24.3 Å². The van der Waals surface area contributed by atoms with Gasteiger partial charge in [-0.15, -0.1) is 23.8 Å². The number of amides is 2. The molecular formula is C28H29F7N8O3. The van der Waals surface area contributed by atoms with Gasteiger partial charge >= 0.3 is 6.36 Å². The first-order valence-corrected chi connectivity index (χ1v) is 13.7. The van der Waals surface area contributed by atoms with E-state index in [1.165, 1.54) is 58.4 Å². The Morgan fingerprint density at radius 2 is 1.80 bits per heavy atom. The molecule has 11 nitrogen and oxygen atoms in total. The molecule has 0 spiro atoms. The van der Waals surface area contributed by atoms with Crippen LogP contribution in [-0.4, -0.2) is 63.0 Å². The highest BCUT2D eigenvalue weighted by Crippen LogP contribution is 2.27. The number of hydrogen-bond donors (Lipinski definition) is 3. The van der Waals surface area contributed by atoms with Gasteiger partial charge in [-0.1, -0.05) is 29.5 Å². The number of hydrazine groups is 2. The summed E-state index contributed by atoms with van der Waals surface area (Å²) in [5.41, 5.74) is 2.90. The van der Waals surface area contributed by atoms with Gasteiger partial charge in [0.15, 0.2) is 5.69 Å². The molecule has 3 aromatic rings. The zero-order valence-corrected chi connectivity index (χ0v) is 24.4. The SMILES string of the molecule is CN1NN(CC(F)CCn2cc(C(=O)NCc3ccc(C(C)(F)F)cc3)nn2)C=C1NC(=O)Cc1cc(OC(F)(F)F)ccc1F. The third-order valence-electron chi connectivity index (χ3n) is 6.54. The maximum atomic E-state index is 14.8. The second kappa shape index (κ2) is 14.1. The van der Waals surface area contributed by atoms with Crippen molar-refractivity contribution in [3.63, 3.8) is 0 Å². The number of nitrogens with one attached hydrogen (secondary N) is 3. The first-order valence-electron chi connectivity index (χ1n) is 13.7. The van der Waals surface area contributed by atoms with Gasteiger partial charge in [0.2, 0.25) is 5.91 Å². The van der Waals surface area contributed by atoms with E-state index in [2.05, 4.69) is 31.2 Å². The monoisotopic (exact) mass is 658 g/mol. The Labute approximate surface area is 257 Å². The summed E-state index contributed by atoms with van der Waals surface area (Å²) in [4.78, 5) is 24.9. The van der Waals surface area contributed by atoms with Crippen molar-refractivity contribution < 1.29 is 45.1 Å². The van der Waals surface area contributed by atoms with Gasteiger partial charge in [0.1, 0.15) is 23.6 Å². The second-order valence-electron chi connectivity index (χ2n) is 10.4. The molecule has 3 N–H and O–H groups in total. The molecule has 0 radical (unpaired) electrons. The number of rotatable bonds is 13. The molecule has 2 heterocycles. The van der Waals surface area contributed by atoms with Crippen molar-refractivity contribution in [2.75, 3.05) is 13.6 Å². The Kier molecular flexibility index (Phi) is 10.4. The highest BCUT2D eigenvalue weighted by atomic mass is 19.4. The van der Waals surface area contributed by atoms with Crippen LogP contribution in [0.1, 0.15) is 40.5 Å². The quantitative estimate of drug-likeness (QED) is 0.237. The van der Waals surface area contributed by atoms with Gasteiger partial charge in [-0.05, 0) is 23.8 Å². The molecule has 0 bridgehead atoms. The number of benzene rings is 2. The van der Waals surface area contributed by atoms with Crippen molar-refractivity contribution in [2.45, 2.75) is 51.3 Å². The van der Waals surface area contributed by atoms with Gasteiger partial charge in [0.05, 0.1) is 25.4 Å². The second-order valence-corrected chi connectivity index (χ2v) is 10.4. The average molecular weight is 659 g/mol. The van der Waals surface area contributed by atoms with Crippen molar-refractivity contribution >= 4 is 11.8 Å². The third-order valence-corrected chi connectivity index (χ3v) is 6.54. The smallest absolute Gasteiger partial charge is 0.406 e. The number of halogens is 7. The van der Waals surface area contributed by atoms with Gasteiger partial charge in [-0.2, -0.15) is 0 Å². The normalized spacial score (nSPS) is 14.2. The fourth-order valence-corrected chi connectivity index (χ4v) is 4.24. The molecule has 2 amide bonds. The Hall–Kier alpha value is -4.87.